The SMILES string of the molecule is Cc1cc(N(C)C2CCNCC2)ccn1. The van der Waals surface area contributed by atoms with Crippen molar-refractivity contribution < 1.29 is 0 Å². The topological polar surface area (TPSA) is 28.2 Å². The van der Waals surface area contributed by atoms with Crippen LogP contribution in [0.3, 0.4) is 0 Å². The minimum Gasteiger partial charge on any atom is -0.371 e. The van der Waals surface area contributed by atoms with E-state index >= 15 is 0 Å². The lowest BCUT2D eigenvalue weighted by molar-refractivity contribution is 0.443. The Morgan fingerprint density at radius 2 is 2.13 bits per heavy atom. The average Bonchev–Trinajstić information content (AvgIpc) is 2.29. The Balaban J connectivity index is 2.08. The van der Waals surface area contributed by atoms with E-state index in [2.05, 4.69) is 34.4 Å². The second kappa shape index (κ2) is 4.62. The summed E-state index contributed by atoms with van der Waals surface area (Å²) in [5.41, 5.74) is 2.38. The fourth-order valence-electron chi connectivity index (χ4n) is 2.15. The first kappa shape index (κ1) is 10.4. The molecule has 1 saturated heterocycles. The van der Waals surface area contributed by atoms with Crippen LogP contribution in [0, 0.1) is 6.92 Å². The zero-order valence-corrected chi connectivity index (χ0v) is 9.53. The highest BCUT2D eigenvalue weighted by molar-refractivity contribution is 5.46. The maximum Gasteiger partial charge on any atom is 0.0399 e. The molecule has 0 unspecified atom stereocenters. The number of pyridine rings is 1. The van der Waals surface area contributed by atoms with Crippen molar-refractivity contribution in [1.82, 2.24) is 10.3 Å². The Morgan fingerprint density at radius 3 is 2.80 bits per heavy atom. The van der Waals surface area contributed by atoms with Crippen molar-refractivity contribution in [3.05, 3.63) is 24.0 Å². The maximum absolute atomic E-state index is 4.23. The van der Waals surface area contributed by atoms with Gasteiger partial charge in [-0.1, -0.05) is 0 Å². The number of rotatable bonds is 2. The molecule has 0 atom stereocenters. The predicted octanol–water partition coefficient (Wildman–Crippen LogP) is 1.58. The summed E-state index contributed by atoms with van der Waals surface area (Å²) in [5.74, 6) is 0. The first-order valence-corrected chi connectivity index (χ1v) is 5.63. The molecule has 1 aromatic rings. The predicted molar refractivity (Wildman–Crippen MR) is 63.3 cm³/mol. The zero-order valence-electron chi connectivity index (χ0n) is 9.53. The molecule has 1 aliphatic heterocycles. The zero-order chi connectivity index (χ0) is 10.7. The number of nitrogens with zero attached hydrogens (tertiary/aromatic N) is 2. The monoisotopic (exact) mass is 205 g/mol. The van der Waals surface area contributed by atoms with Crippen LogP contribution in [0.5, 0.6) is 0 Å². The van der Waals surface area contributed by atoms with Crippen LogP contribution in [-0.4, -0.2) is 31.2 Å². The number of nitrogens with one attached hydrogen (secondary N) is 1. The summed E-state index contributed by atoms with van der Waals surface area (Å²) in [6.07, 6.45) is 4.36. The summed E-state index contributed by atoms with van der Waals surface area (Å²) in [6, 6.07) is 4.92. The lowest BCUT2D eigenvalue weighted by Crippen LogP contribution is -2.41. The second-order valence-electron chi connectivity index (χ2n) is 4.25. The van der Waals surface area contributed by atoms with E-state index in [9.17, 15) is 0 Å². The standard InChI is InChI=1S/C12H19N3/c1-10-9-12(5-8-14-10)15(2)11-3-6-13-7-4-11/h5,8-9,11,13H,3-4,6-7H2,1-2H3. The van der Waals surface area contributed by atoms with Crippen molar-refractivity contribution >= 4 is 5.69 Å². The molecule has 82 valence electrons. The highest BCUT2D eigenvalue weighted by Gasteiger charge is 2.17. The quantitative estimate of drug-likeness (QED) is 0.794. The Labute approximate surface area is 91.5 Å². The molecule has 1 aliphatic rings. The number of aromatic nitrogens is 1. The van der Waals surface area contributed by atoms with Gasteiger partial charge in [0, 0.05) is 30.7 Å². The Bertz CT molecular complexity index is 318. The molecule has 0 amide bonds. The lowest BCUT2D eigenvalue weighted by Gasteiger charge is -2.33. The van der Waals surface area contributed by atoms with Crippen molar-refractivity contribution in [2.45, 2.75) is 25.8 Å². The summed E-state index contributed by atoms with van der Waals surface area (Å²) in [6.45, 7) is 4.32. The summed E-state index contributed by atoms with van der Waals surface area (Å²) >= 11 is 0. The van der Waals surface area contributed by atoms with Gasteiger partial charge < -0.3 is 10.2 Å². The van der Waals surface area contributed by atoms with E-state index in [1.165, 1.54) is 18.5 Å². The van der Waals surface area contributed by atoms with Crippen LogP contribution >= 0.6 is 0 Å². The molecule has 1 N–H and O–H groups in total. The molecule has 3 heteroatoms. The van der Waals surface area contributed by atoms with Gasteiger partial charge in [0.15, 0.2) is 0 Å². The molecule has 1 fully saturated rings. The van der Waals surface area contributed by atoms with Crippen molar-refractivity contribution in [2.75, 3.05) is 25.0 Å². The number of anilines is 1. The molecule has 0 saturated carbocycles. The highest BCUT2D eigenvalue weighted by atomic mass is 15.1. The number of hydrogen-bond acceptors (Lipinski definition) is 3. The van der Waals surface area contributed by atoms with Crippen molar-refractivity contribution in [3.8, 4) is 0 Å². The largest absolute Gasteiger partial charge is 0.371 e. The van der Waals surface area contributed by atoms with E-state index < -0.39 is 0 Å². The molecule has 3 nitrogen and oxygen atoms in total. The third kappa shape index (κ3) is 2.48. The van der Waals surface area contributed by atoms with Gasteiger partial charge in [-0.3, -0.25) is 4.98 Å². The highest BCUT2D eigenvalue weighted by Crippen LogP contribution is 2.19. The third-order valence-electron chi connectivity index (χ3n) is 3.14. The van der Waals surface area contributed by atoms with Gasteiger partial charge >= 0.3 is 0 Å². The molecule has 15 heavy (non-hydrogen) atoms. The van der Waals surface area contributed by atoms with Crippen molar-refractivity contribution in [3.63, 3.8) is 0 Å². The van der Waals surface area contributed by atoms with E-state index in [0.29, 0.717) is 6.04 Å². The second-order valence-corrected chi connectivity index (χ2v) is 4.25. The van der Waals surface area contributed by atoms with Gasteiger partial charge in [-0.25, -0.2) is 0 Å². The van der Waals surface area contributed by atoms with Crippen LogP contribution in [0.4, 0.5) is 5.69 Å². The van der Waals surface area contributed by atoms with E-state index in [1.54, 1.807) is 0 Å². The minimum atomic E-state index is 0.674. The Morgan fingerprint density at radius 1 is 1.40 bits per heavy atom. The number of hydrogen-bond donors (Lipinski definition) is 1. The smallest absolute Gasteiger partial charge is 0.0399 e. The van der Waals surface area contributed by atoms with Crippen LogP contribution < -0.4 is 10.2 Å². The van der Waals surface area contributed by atoms with Crippen molar-refractivity contribution in [1.29, 1.82) is 0 Å². The molecular weight excluding hydrogens is 186 g/mol. The van der Waals surface area contributed by atoms with Gasteiger partial charge in [0.2, 0.25) is 0 Å². The minimum absolute atomic E-state index is 0.674. The van der Waals surface area contributed by atoms with Gasteiger partial charge in [-0.15, -0.1) is 0 Å². The van der Waals surface area contributed by atoms with Gasteiger partial charge in [0.25, 0.3) is 0 Å². The summed E-state index contributed by atoms with van der Waals surface area (Å²) in [7, 11) is 2.19. The summed E-state index contributed by atoms with van der Waals surface area (Å²) in [4.78, 5) is 6.61. The lowest BCUT2D eigenvalue weighted by atomic mass is 10.0. The normalized spacial score (nSPS) is 17.7. The third-order valence-corrected chi connectivity index (χ3v) is 3.14. The van der Waals surface area contributed by atoms with Gasteiger partial charge in [-0.05, 0) is 45.0 Å². The van der Waals surface area contributed by atoms with Crippen LogP contribution in [0.1, 0.15) is 18.5 Å². The number of piperidine rings is 1. The molecule has 0 bridgehead atoms. The molecular formula is C12H19N3. The van der Waals surface area contributed by atoms with Crippen LogP contribution in [0.15, 0.2) is 18.3 Å². The first-order chi connectivity index (χ1) is 7.27. The van der Waals surface area contributed by atoms with Crippen LogP contribution in [-0.2, 0) is 0 Å². The molecule has 0 spiro atoms. The van der Waals surface area contributed by atoms with Gasteiger partial charge in [0.1, 0.15) is 0 Å². The molecule has 0 aliphatic carbocycles. The first-order valence-electron chi connectivity index (χ1n) is 5.63. The van der Waals surface area contributed by atoms with Gasteiger partial charge in [-0.2, -0.15) is 0 Å². The van der Waals surface area contributed by atoms with E-state index in [1.807, 2.05) is 13.1 Å². The Kier molecular flexibility index (Phi) is 3.21. The van der Waals surface area contributed by atoms with Crippen LogP contribution in [0.2, 0.25) is 0 Å². The molecule has 2 heterocycles. The molecule has 0 radical (unpaired) electrons. The molecule has 2 rings (SSSR count). The summed E-state index contributed by atoms with van der Waals surface area (Å²) in [5, 5.41) is 3.39. The Hall–Kier alpha value is -1.09. The fraction of sp³-hybridized carbons (Fsp3) is 0.583. The summed E-state index contributed by atoms with van der Waals surface area (Å²) < 4.78 is 0. The fourth-order valence-corrected chi connectivity index (χ4v) is 2.15. The maximum atomic E-state index is 4.23. The average molecular weight is 205 g/mol. The van der Waals surface area contributed by atoms with E-state index in [4.69, 9.17) is 0 Å². The molecule has 0 aromatic carbocycles. The number of aryl methyl sites for hydroxylation is 1. The van der Waals surface area contributed by atoms with Gasteiger partial charge in [0.05, 0.1) is 0 Å². The van der Waals surface area contributed by atoms with E-state index in [-0.39, 0.29) is 0 Å². The van der Waals surface area contributed by atoms with Crippen molar-refractivity contribution in [2.24, 2.45) is 0 Å². The molecule has 1 aromatic heterocycles. The van der Waals surface area contributed by atoms with Crippen LogP contribution in [0.25, 0.3) is 0 Å². The van der Waals surface area contributed by atoms with E-state index in [0.717, 1.165) is 18.8 Å².